The molecule has 0 atom stereocenters. The smallest absolute Gasteiger partial charge is 0.303 e. The molecule has 0 aliphatic rings. The number of carbonyl (C=O) groups is 2. The Kier molecular flexibility index (Phi) is 8.61. The minimum atomic E-state index is -0.857. The number of carboxylic acid groups (broad SMARTS) is 1. The molecule has 0 saturated carbocycles. The van der Waals surface area contributed by atoms with Gasteiger partial charge in [0.05, 0.1) is 0 Å². The third-order valence-corrected chi connectivity index (χ3v) is 8.40. The molecule has 11 nitrogen and oxygen atoms in total. The predicted octanol–water partition coefficient (Wildman–Crippen LogP) is 7.10. The van der Waals surface area contributed by atoms with Crippen molar-refractivity contribution in [2.45, 2.75) is 32.6 Å². The molecule has 0 fully saturated rings. The van der Waals surface area contributed by atoms with Crippen LogP contribution in [0.2, 0.25) is 0 Å². The van der Waals surface area contributed by atoms with Crippen molar-refractivity contribution in [3.05, 3.63) is 120 Å². The largest absolute Gasteiger partial charge is 0.506 e. The lowest BCUT2D eigenvalue weighted by molar-refractivity contribution is -0.137. The van der Waals surface area contributed by atoms with Crippen molar-refractivity contribution in [1.29, 1.82) is 0 Å². The van der Waals surface area contributed by atoms with Gasteiger partial charge in [-0.25, -0.2) is 0 Å². The van der Waals surface area contributed by atoms with Crippen LogP contribution < -0.4 is 0 Å². The monoisotopic (exact) mass is 664 g/mol. The van der Waals surface area contributed by atoms with Gasteiger partial charge in [-0.2, -0.15) is 0 Å². The fraction of sp³-hybridized carbons (Fsp3) is 0.128. The molecule has 8 aromatic rings. The van der Waals surface area contributed by atoms with Crippen LogP contribution in [-0.4, -0.2) is 57.1 Å². The summed E-state index contributed by atoms with van der Waals surface area (Å²) in [7, 11) is 0. The zero-order valence-electron chi connectivity index (χ0n) is 27.1. The van der Waals surface area contributed by atoms with E-state index in [1.807, 2.05) is 84.9 Å². The SMILES string of the molecule is CC(=O)CCc1ccc(O)c(-n2nc3cc4ccccc4cc3n2)c1.O=C(O)CCc1ccc(O)c(-n2nc3cc4ccccc4cc3n2)c1. The van der Waals surface area contributed by atoms with Crippen molar-refractivity contribution in [3.8, 4) is 22.9 Å². The van der Waals surface area contributed by atoms with E-state index in [1.165, 1.54) is 15.7 Å². The van der Waals surface area contributed by atoms with Gasteiger partial charge in [0.25, 0.3) is 0 Å². The highest BCUT2D eigenvalue weighted by Gasteiger charge is 2.13. The van der Waals surface area contributed by atoms with Crippen molar-refractivity contribution >= 4 is 55.4 Å². The minimum Gasteiger partial charge on any atom is -0.506 e. The Bertz CT molecular complexity index is 2270. The number of nitrogens with zero attached hydrogens (tertiary/aromatic N) is 6. The molecular weight excluding hydrogens is 632 g/mol. The van der Waals surface area contributed by atoms with E-state index in [9.17, 15) is 19.8 Å². The number of carboxylic acids is 1. The van der Waals surface area contributed by atoms with Gasteiger partial charge in [0.2, 0.25) is 0 Å². The summed E-state index contributed by atoms with van der Waals surface area (Å²) in [6.45, 7) is 1.58. The van der Waals surface area contributed by atoms with E-state index < -0.39 is 5.97 Å². The van der Waals surface area contributed by atoms with Crippen LogP contribution in [0.15, 0.2) is 109 Å². The molecule has 3 N–H and O–H groups in total. The molecule has 0 bridgehead atoms. The maximum Gasteiger partial charge on any atom is 0.303 e. The average Bonchev–Trinajstić information content (AvgIpc) is 3.72. The lowest BCUT2D eigenvalue weighted by atomic mass is 10.1. The third-order valence-electron chi connectivity index (χ3n) is 8.40. The first-order chi connectivity index (χ1) is 24.2. The maximum absolute atomic E-state index is 11.2. The first-order valence-electron chi connectivity index (χ1n) is 16.1. The standard InChI is InChI=1S/C20H17N3O2.C19H15N3O3/c1-13(24)6-7-14-8-9-20(25)19(10-14)23-21-17-11-15-4-2-3-5-16(15)12-18(17)22-23;23-18-7-5-12(6-8-19(24)25)9-17(18)22-20-15-10-13-3-1-2-4-14(13)11-16(15)21-22/h2-5,8-12,25H,6-7H2,1H3;1-5,7,9-11,23H,6,8H2,(H,24,25). The highest BCUT2D eigenvalue weighted by Crippen LogP contribution is 2.27. The third kappa shape index (κ3) is 6.83. The lowest BCUT2D eigenvalue weighted by Crippen LogP contribution is -2.02. The van der Waals surface area contributed by atoms with Gasteiger partial charge in [-0.3, -0.25) is 4.79 Å². The second-order valence-corrected chi connectivity index (χ2v) is 12.1. The van der Waals surface area contributed by atoms with Gasteiger partial charge >= 0.3 is 5.97 Å². The average molecular weight is 665 g/mol. The maximum atomic E-state index is 11.2. The molecule has 2 heterocycles. The summed E-state index contributed by atoms with van der Waals surface area (Å²) in [5.41, 5.74) is 5.73. The molecule has 50 heavy (non-hydrogen) atoms. The molecule has 248 valence electrons. The number of aryl methyl sites for hydroxylation is 2. The zero-order valence-corrected chi connectivity index (χ0v) is 27.1. The topological polar surface area (TPSA) is 156 Å². The van der Waals surface area contributed by atoms with E-state index in [0.717, 1.165) is 54.7 Å². The van der Waals surface area contributed by atoms with Crippen molar-refractivity contribution in [2.75, 3.05) is 0 Å². The van der Waals surface area contributed by atoms with Gasteiger partial charge in [-0.05, 0) is 101 Å². The van der Waals surface area contributed by atoms with Crippen molar-refractivity contribution in [1.82, 2.24) is 30.0 Å². The second kappa shape index (κ2) is 13.5. The first kappa shape index (κ1) is 32.0. The Hall–Kier alpha value is -6.62. The molecule has 0 amide bonds. The Balaban J connectivity index is 0.000000157. The lowest BCUT2D eigenvalue weighted by Gasteiger charge is -2.06. The number of aliphatic carboxylic acids is 1. The molecule has 0 aliphatic heterocycles. The Morgan fingerprint density at radius 3 is 1.24 bits per heavy atom. The van der Waals surface area contributed by atoms with Crippen LogP contribution in [0.3, 0.4) is 0 Å². The number of rotatable bonds is 8. The van der Waals surface area contributed by atoms with Crippen LogP contribution in [0.5, 0.6) is 11.5 Å². The number of hydrogen-bond acceptors (Lipinski definition) is 8. The fourth-order valence-electron chi connectivity index (χ4n) is 5.76. The number of aromatic nitrogens is 6. The molecule has 2 aromatic heterocycles. The van der Waals surface area contributed by atoms with Crippen LogP contribution in [0.25, 0.3) is 55.0 Å². The Morgan fingerprint density at radius 2 is 0.900 bits per heavy atom. The first-order valence-corrected chi connectivity index (χ1v) is 16.1. The van der Waals surface area contributed by atoms with Crippen LogP contribution >= 0.6 is 0 Å². The summed E-state index contributed by atoms with van der Waals surface area (Å²) in [6, 6.07) is 34.1. The summed E-state index contributed by atoms with van der Waals surface area (Å²) >= 11 is 0. The number of hydrogen-bond donors (Lipinski definition) is 3. The molecule has 0 spiro atoms. The van der Waals surface area contributed by atoms with Crippen LogP contribution in [0.1, 0.15) is 30.9 Å². The highest BCUT2D eigenvalue weighted by atomic mass is 16.4. The van der Waals surface area contributed by atoms with Crippen LogP contribution in [0.4, 0.5) is 0 Å². The number of carbonyl (C=O) groups excluding carboxylic acids is 1. The van der Waals surface area contributed by atoms with Crippen LogP contribution in [-0.2, 0) is 22.4 Å². The molecule has 8 rings (SSSR count). The molecule has 0 aliphatic carbocycles. The van der Waals surface area contributed by atoms with E-state index in [1.54, 1.807) is 25.1 Å². The summed E-state index contributed by atoms with van der Waals surface area (Å²) in [5, 5.41) is 51.5. The quantitative estimate of drug-likeness (QED) is 0.154. The molecule has 0 radical (unpaired) electrons. The van der Waals surface area contributed by atoms with Gasteiger partial charge < -0.3 is 20.1 Å². The van der Waals surface area contributed by atoms with Gasteiger partial charge in [0.15, 0.2) is 0 Å². The van der Waals surface area contributed by atoms with Gasteiger partial charge in [0, 0.05) is 12.8 Å². The zero-order chi connectivity index (χ0) is 34.8. The number of phenols is 2. The molecule has 11 heteroatoms. The number of ketones is 1. The van der Waals surface area contributed by atoms with Gasteiger partial charge in [0.1, 0.15) is 50.7 Å². The number of aromatic hydroxyl groups is 2. The van der Waals surface area contributed by atoms with E-state index in [-0.39, 0.29) is 23.7 Å². The summed E-state index contributed by atoms with van der Waals surface area (Å²) < 4.78 is 0. The van der Waals surface area contributed by atoms with E-state index >= 15 is 0 Å². The van der Waals surface area contributed by atoms with E-state index in [2.05, 4.69) is 20.4 Å². The normalized spacial score (nSPS) is 11.2. The summed E-state index contributed by atoms with van der Waals surface area (Å²) in [4.78, 5) is 24.8. The van der Waals surface area contributed by atoms with Crippen molar-refractivity contribution in [2.24, 2.45) is 0 Å². The number of benzene rings is 6. The number of Topliss-reactive ketones (excluding diaryl/α,β-unsaturated/α-hetero) is 1. The Morgan fingerprint density at radius 1 is 0.540 bits per heavy atom. The van der Waals surface area contributed by atoms with Crippen molar-refractivity contribution < 1.29 is 24.9 Å². The number of phenolic OH excluding ortho intramolecular Hbond substituents is 2. The predicted molar refractivity (Wildman–Crippen MR) is 191 cm³/mol. The number of fused-ring (bicyclic) bond motifs is 4. The molecule has 6 aromatic carbocycles. The van der Waals surface area contributed by atoms with Crippen LogP contribution in [0, 0.1) is 0 Å². The van der Waals surface area contributed by atoms with E-state index in [0.29, 0.717) is 30.6 Å². The second-order valence-electron chi connectivity index (χ2n) is 12.1. The molecule has 0 unspecified atom stereocenters. The minimum absolute atomic E-state index is 0.0319. The van der Waals surface area contributed by atoms with Gasteiger partial charge in [-0.15, -0.1) is 30.0 Å². The summed E-state index contributed by atoms with van der Waals surface area (Å²) in [6.07, 6.45) is 1.52. The van der Waals surface area contributed by atoms with Gasteiger partial charge in [-0.1, -0.05) is 60.7 Å². The van der Waals surface area contributed by atoms with E-state index in [4.69, 9.17) is 5.11 Å². The molecular formula is C39H32N6O5. The highest BCUT2D eigenvalue weighted by molar-refractivity contribution is 5.95. The summed E-state index contributed by atoms with van der Waals surface area (Å²) in [5.74, 6) is -0.561. The molecule has 0 saturated heterocycles. The Labute approximate surface area is 285 Å². The fourth-order valence-corrected chi connectivity index (χ4v) is 5.76. The van der Waals surface area contributed by atoms with Crippen molar-refractivity contribution in [3.63, 3.8) is 0 Å².